The smallest absolute Gasteiger partial charge is 0.251 e. The van der Waals surface area contributed by atoms with Gasteiger partial charge in [0.05, 0.1) is 5.69 Å². The highest BCUT2D eigenvalue weighted by atomic mass is 19.2. The van der Waals surface area contributed by atoms with Crippen LogP contribution in [0.3, 0.4) is 0 Å². The molecule has 104 valence electrons. The Bertz CT molecular complexity index is 713. The van der Waals surface area contributed by atoms with Crippen LogP contribution in [0.2, 0.25) is 0 Å². The Labute approximate surface area is 112 Å². The van der Waals surface area contributed by atoms with Gasteiger partial charge in [-0.3, -0.25) is 9.59 Å². The molecule has 7 heteroatoms. The van der Waals surface area contributed by atoms with Gasteiger partial charge in [-0.05, 0) is 18.2 Å². The fraction of sp³-hybridized carbons (Fsp3) is 0.0769. The average Bonchev–Trinajstić information content (AvgIpc) is 2.39. The molecule has 1 aromatic carbocycles. The van der Waals surface area contributed by atoms with Crippen molar-refractivity contribution in [1.29, 1.82) is 0 Å². The maximum absolute atomic E-state index is 13.4. The van der Waals surface area contributed by atoms with Gasteiger partial charge < -0.3 is 15.6 Å². The van der Waals surface area contributed by atoms with Gasteiger partial charge in [-0.25, -0.2) is 8.78 Å². The minimum atomic E-state index is -1.15. The Hall–Kier alpha value is -2.70. The van der Waals surface area contributed by atoms with E-state index in [-0.39, 0.29) is 12.2 Å². The Kier molecular flexibility index (Phi) is 3.79. The first kappa shape index (κ1) is 13.7. The summed E-state index contributed by atoms with van der Waals surface area (Å²) in [5, 5.41) is 2.19. The lowest BCUT2D eigenvalue weighted by atomic mass is 10.3. The number of carbonyl (C=O) groups excluding carboxylic acids is 1. The SMILES string of the molecule is Nc1ccc(=O)n(CC(=O)Nc2cccc(F)c2F)c1. The van der Waals surface area contributed by atoms with Gasteiger partial charge in [0.1, 0.15) is 6.54 Å². The van der Waals surface area contributed by atoms with Crippen LogP contribution in [0.4, 0.5) is 20.2 Å². The molecular weight excluding hydrogens is 268 g/mol. The summed E-state index contributed by atoms with van der Waals surface area (Å²) < 4.78 is 27.4. The van der Waals surface area contributed by atoms with E-state index in [0.29, 0.717) is 5.69 Å². The van der Waals surface area contributed by atoms with Gasteiger partial charge in [0.2, 0.25) is 5.91 Å². The highest BCUT2D eigenvalue weighted by molar-refractivity contribution is 5.90. The average molecular weight is 279 g/mol. The molecule has 3 N–H and O–H groups in total. The molecule has 0 radical (unpaired) electrons. The second kappa shape index (κ2) is 5.52. The van der Waals surface area contributed by atoms with Gasteiger partial charge in [0, 0.05) is 18.0 Å². The first-order valence-corrected chi connectivity index (χ1v) is 5.67. The van der Waals surface area contributed by atoms with Crippen molar-refractivity contribution in [3.8, 4) is 0 Å². The molecule has 0 fully saturated rings. The summed E-state index contributed by atoms with van der Waals surface area (Å²) in [5.74, 6) is -2.88. The van der Waals surface area contributed by atoms with E-state index < -0.39 is 23.1 Å². The molecule has 1 aromatic heterocycles. The third-order valence-electron chi connectivity index (χ3n) is 2.55. The van der Waals surface area contributed by atoms with E-state index in [1.807, 2.05) is 0 Å². The molecule has 20 heavy (non-hydrogen) atoms. The van der Waals surface area contributed by atoms with Crippen LogP contribution >= 0.6 is 0 Å². The van der Waals surface area contributed by atoms with E-state index in [1.54, 1.807) is 0 Å². The molecule has 2 aromatic rings. The van der Waals surface area contributed by atoms with E-state index in [1.165, 1.54) is 30.5 Å². The molecule has 0 aliphatic heterocycles. The van der Waals surface area contributed by atoms with Gasteiger partial charge in [-0.1, -0.05) is 6.07 Å². The molecule has 0 saturated carbocycles. The number of halogens is 2. The van der Waals surface area contributed by atoms with Crippen molar-refractivity contribution < 1.29 is 13.6 Å². The zero-order valence-corrected chi connectivity index (χ0v) is 10.3. The monoisotopic (exact) mass is 279 g/mol. The van der Waals surface area contributed by atoms with E-state index in [2.05, 4.69) is 5.32 Å². The summed E-state index contributed by atoms with van der Waals surface area (Å²) in [4.78, 5) is 23.2. The highest BCUT2D eigenvalue weighted by Crippen LogP contribution is 2.16. The predicted octanol–water partition coefficient (Wildman–Crippen LogP) is 1.35. The summed E-state index contributed by atoms with van der Waals surface area (Å²) >= 11 is 0. The molecule has 0 spiro atoms. The van der Waals surface area contributed by atoms with E-state index in [0.717, 1.165) is 10.6 Å². The van der Waals surface area contributed by atoms with Crippen LogP contribution in [-0.2, 0) is 11.3 Å². The quantitative estimate of drug-likeness (QED) is 0.890. The minimum absolute atomic E-state index is 0.285. The van der Waals surface area contributed by atoms with Crippen LogP contribution in [0.5, 0.6) is 0 Å². The van der Waals surface area contributed by atoms with Crippen molar-refractivity contribution >= 4 is 17.3 Å². The molecular formula is C13H11F2N3O2. The number of benzene rings is 1. The van der Waals surface area contributed by atoms with Gasteiger partial charge in [0.25, 0.3) is 5.56 Å². The van der Waals surface area contributed by atoms with Crippen molar-refractivity contribution in [2.45, 2.75) is 6.54 Å². The molecule has 0 unspecified atom stereocenters. The number of anilines is 2. The number of hydrogen-bond donors (Lipinski definition) is 2. The fourth-order valence-electron chi connectivity index (χ4n) is 1.62. The topological polar surface area (TPSA) is 77.1 Å². The number of nitrogens with zero attached hydrogens (tertiary/aromatic N) is 1. The van der Waals surface area contributed by atoms with Crippen LogP contribution in [0.15, 0.2) is 41.3 Å². The zero-order chi connectivity index (χ0) is 14.7. The van der Waals surface area contributed by atoms with Gasteiger partial charge >= 0.3 is 0 Å². The number of rotatable bonds is 3. The largest absolute Gasteiger partial charge is 0.398 e. The Morgan fingerprint density at radius 2 is 2.00 bits per heavy atom. The standard InChI is InChI=1S/C13H11F2N3O2/c14-9-2-1-3-10(13(9)15)17-11(19)7-18-6-8(16)4-5-12(18)20/h1-6H,7,16H2,(H,17,19). The maximum atomic E-state index is 13.4. The maximum Gasteiger partial charge on any atom is 0.251 e. The lowest BCUT2D eigenvalue weighted by molar-refractivity contribution is -0.116. The van der Waals surface area contributed by atoms with Crippen molar-refractivity contribution in [2.75, 3.05) is 11.1 Å². The van der Waals surface area contributed by atoms with E-state index in [9.17, 15) is 18.4 Å². The van der Waals surface area contributed by atoms with Crippen molar-refractivity contribution in [2.24, 2.45) is 0 Å². The number of nitrogens with two attached hydrogens (primary N) is 1. The summed E-state index contributed by atoms with van der Waals surface area (Å²) in [6.07, 6.45) is 1.30. The lowest BCUT2D eigenvalue weighted by Crippen LogP contribution is -2.27. The first-order chi connectivity index (χ1) is 9.47. The summed E-state index contributed by atoms with van der Waals surface area (Å²) in [7, 11) is 0. The van der Waals surface area contributed by atoms with Crippen molar-refractivity contribution in [3.63, 3.8) is 0 Å². The second-order valence-corrected chi connectivity index (χ2v) is 4.08. The Morgan fingerprint density at radius 1 is 1.25 bits per heavy atom. The number of pyridine rings is 1. The molecule has 0 aliphatic carbocycles. The minimum Gasteiger partial charge on any atom is -0.398 e. The predicted molar refractivity (Wildman–Crippen MR) is 70.1 cm³/mol. The normalized spacial score (nSPS) is 10.3. The number of hydrogen-bond acceptors (Lipinski definition) is 3. The third kappa shape index (κ3) is 3.00. The number of amides is 1. The summed E-state index contributed by atoms with van der Waals surface area (Å²) in [6.45, 7) is -0.347. The van der Waals surface area contributed by atoms with Gasteiger partial charge in [-0.15, -0.1) is 0 Å². The highest BCUT2D eigenvalue weighted by Gasteiger charge is 2.11. The lowest BCUT2D eigenvalue weighted by Gasteiger charge is -2.08. The molecule has 1 amide bonds. The van der Waals surface area contributed by atoms with Crippen LogP contribution in [0.25, 0.3) is 0 Å². The number of nitrogens with one attached hydrogen (secondary N) is 1. The van der Waals surface area contributed by atoms with Crippen LogP contribution < -0.4 is 16.6 Å². The van der Waals surface area contributed by atoms with Crippen LogP contribution in [-0.4, -0.2) is 10.5 Å². The zero-order valence-electron chi connectivity index (χ0n) is 10.3. The summed E-state index contributed by atoms with van der Waals surface area (Å²) in [6, 6.07) is 6.04. The molecule has 0 bridgehead atoms. The molecule has 0 atom stereocenters. The molecule has 2 rings (SSSR count). The first-order valence-electron chi connectivity index (χ1n) is 5.67. The molecule has 0 aliphatic rings. The second-order valence-electron chi connectivity index (χ2n) is 4.08. The Morgan fingerprint density at radius 3 is 2.75 bits per heavy atom. The van der Waals surface area contributed by atoms with E-state index >= 15 is 0 Å². The van der Waals surface area contributed by atoms with Crippen LogP contribution in [0.1, 0.15) is 0 Å². The summed E-state index contributed by atoms with van der Waals surface area (Å²) in [5.41, 5.74) is 5.11. The fourth-order valence-corrected chi connectivity index (χ4v) is 1.62. The molecule has 0 saturated heterocycles. The van der Waals surface area contributed by atoms with Gasteiger partial charge in [-0.2, -0.15) is 0 Å². The number of carbonyl (C=O) groups is 1. The third-order valence-corrected chi connectivity index (χ3v) is 2.55. The van der Waals surface area contributed by atoms with Crippen molar-refractivity contribution in [1.82, 2.24) is 4.57 Å². The van der Waals surface area contributed by atoms with Gasteiger partial charge in [0.15, 0.2) is 11.6 Å². The number of aromatic nitrogens is 1. The number of nitrogen functional groups attached to an aromatic ring is 1. The van der Waals surface area contributed by atoms with Crippen LogP contribution in [0, 0.1) is 11.6 Å². The Balaban J connectivity index is 2.15. The van der Waals surface area contributed by atoms with Crippen molar-refractivity contribution in [3.05, 3.63) is 58.5 Å². The van der Waals surface area contributed by atoms with E-state index in [4.69, 9.17) is 5.73 Å². The molecule has 5 nitrogen and oxygen atoms in total. The molecule has 1 heterocycles.